The van der Waals surface area contributed by atoms with Crippen molar-refractivity contribution in [2.45, 2.75) is 30.6 Å². The summed E-state index contributed by atoms with van der Waals surface area (Å²) in [5, 5.41) is 7.41. The predicted octanol–water partition coefficient (Wildman–Crippen LogP) is 2.75. The van der Waals surface area contributed by atoms with Gasteiger partial charge in [-0.2, -0.15) is 12.6 Å². The molecule has 8 nitrogen and oxygen atoms in total. The van der Waals surface area contributed by atoms with E-state index in [1.807, 2.05) is 78.9 Å². The molecule has 3 amide bonds. The zero-order valence-corrected chi connectivity index (χ0v) is 23.1. The van der Waals surface area contributed by atoms with Crippen molar-refractivity contribution in [2.24, 2.45) is 0 Å². The largest absolute Gasteiger partial charge is 0.497 e. The lowest BCUT2D eigenvalue weighted by molar-refractivity contribution is -0.136. The predicted molar refractivity (Wildman–Crippen MR) is 154 cm³/mol. The first-order valence-corrected chi connectivity index (χ1v) is 13.2. The van der Waals surface area contributed by atoms with Gasteiger partial charge in [-0.15, -0.1) is 0 Å². The Labute approximate surface area is 234 Å². The van der Waals surface area contributed by atoms with Crippen molar-refractivity contribution in [3.05, 3.63) is 95.6 Å². The summed E-state index contributed by atoms with van der Waals surface area (Å²) in [7, 11) is 3.20. The molecule has 0 aliphatic carbocycles. The van der Waals surface area contributed by atoms with Gasteiger partial charge < -0.3 is 25.4 Å². The third kappa shape index (κ3) is 9.68. The number of thiol groups is 1. The molecule has 0 radical (unpaired) electrons. The van der Waals surface area contributed by atoms with Crippen LogP contribution >= 0.6 is 12.6 Å². The summed E-state index contributed by atoms with van der Waals surface area (Å²) in [5.74, 6) is -0.178. The number of hydrogen-bond acceptors (Lipinski definition) is 6. The van der Waals surface area contributed by atoms with Crippen molar-refractivity contribution in [3.63, 3.8) is 0 Å². The van der Waals surface area contributed by atoms with Crippen LogP contribution in [-0.4, -0.2) is 56.3 Å². The Balaban J connectivity index is 1.59. The van der Waals surface area contributed by atoms with Gasteiger partial charge in [-0.25, -0.2) is 0 Å². The molecule has 3 aromatic rings. The second-order valence-electron chi connectivity index (χ2n) is 8.93. The summed E-state index contributed by atoms with van der Waals surface area (Å²) < 4.78 is 10.3. The van der Waals surface area contributed by atoms with E-state index in [0.717, 1.165) is 28.2 Å². The molecule has 3 N–H and O–H groups in total. The molecule has 39 heavy (non-hydrogen) atoms. The van der Waals surface area contributed by atoms with Crippen molar-refractivity contribution in [1.82, 2.24) is 16.0 Å². The second-order valence-corrected chi connectivity index (χ2v) is 9.55. The number of amides is 3. The smallest absolute Gasteiger partial charge is 0.252 e. The van der Waals surface area contributed by atoms with Gasteiger partial charge in [-0.05, 0) is 60.2 Å². The first-order chi connectivity index (χ1) is 18.9. The van der Waals surface area contributed by atoms with Crippen LogP contribution in [0.4, 0.5) is 0 Å². The van der Waals surface area contributed by atoms with E-state index in [2.05, 4.69) is 28.6 Å². The van der Waals surface area contributed by atoms with E-state index in [-0.39, 0.29) is 0 Å². The first-order valence-electron chi connectivity index (χ1n) is 12.7. The number of carbonyl (C=O) groups excluding carboxylic acids is 3. The quantitative estimate of drug-likeness (QED) is 0.183. The number of carbonyl (C=O) groups is 3. The number of methoxy groups -OCH3 is 2. The van der Waals surface area contributed by atoms with Crippen LogP contribution in [0.15, 0.2) is 78.9 Å². The number of benzene rings is 3. The summed E-state index contributed by atoms with van der Waals surface area (Å²) in [5.41, 5.74) is 2.93. The van der Waals surface area contributed by atoms with E-state index in [0.29, 0.717) is 32.4 Å². The molecule has 0 aliphatic rings. The summed E-state index contributed by atoms with van der Waals surface area (Å²) in [4.78, 5) is 39.0. The fraction of sp³-hybridized carbons (Fsp3) is 0.300. The topological polar surface area (TPSA) is 106 Å². The highest BCUT2D eigenvalue weighted by atomic mass is 32.1. The molecule has 0 saturated heterocycles. The Morgan fingerprint density at radius 1 is 0.667 bits per heavy atom. The van der Waals surface area contributed by atoms with Gasteiger partial charge in [0.2, 0.25) is 5.91 Å². The maximum absolute atomic E-state index is 13.0. The van der Waals surface area contributed by atoms with Gasteiger partial charge >= 0.3 is 0 Å². The van der Waals surface area contributed by atoms with Crippen LogP contribution < -0.4 is 25.4 Å². The van der Waals surface area contributed by atoms with E-state index in [4.69, 9.17) is 9.47 Å². The zero-order valence-electron chi connectivity index (χ0n) is 22.2. The van der Waals surface area contributed by atoms with Gasteiger partial charge in [-0.1, -0.05) is 54.6 Å². The summed E-state index contributed by atoms with van der Waals surface area (Å²) in [6, 6.07) is 23.0. The minimum absolute atomic E-state index is 0.297. The molecule has 0 heterocycles. The molecule has 1 atom stereocenters. The third-order valence-electron chi connectivity index (χ3n) is 6.13. The molecule has 3 aromatic carbocycles. The van der Waals surface area contributed by atoms with Gasteiger partial charge in [0, 0.05) is 13.1 Å². The van der Waals surface area contributed by atoms with Gasteiger partial charge in [0.25, 0.3) is 11.8 Å². The Bertz CT molecular complexity index is 1140. The maximum Gasteiger partial charge on any atom is 0.252 e. The molecule has 0 bridgehead atoms. The van der Waals surface area contributed by atoms with E-state index in [9.17, 15) is 14.4 Å². The van der Waals surface area contributed by atoms with Crippen LogP contribution in [0.3, 0.4) is 0 Å². The van der Waals surface area contributed by atoms with Crippen molar-refractivity contribution in [1.29, 1.82) is 0 Å². The van der Waals surface area contributed by atoms with Crippen LogP contribution in [0.5, 0.6) is 11.5 Å². The Hall–Kier alpha value is -3.98. The van der Waals surface area contributed by atoms with E-state index in [1.165, 1.54) is 0 Å². The number of nitrogens with one attached hydrogen (secondary N) is 3. The van der Waals surface area contributed by atoms with Crippen molar-refractivity contribution in [2.75, 3.05) is 27.3 Å². The second kappa shape index (κ2) is 15.4. The van der Waals surface area contributed by atoms with E-state index >= 15 is 0 Å². The zero-order chi connectivity index (χ0) is 28.0. The Kier molecular flexibility index (Phi) is 11.7. The molecule has 0 unspecified atom stereocenters. The monoisotopic (exact) mass is 549 g/mol. The highest BCUT2D eigenvalue weighted by Gasteiger charge is 2.30. The van der Waals surface area contributed by atoms with Crippen LogP contribution in [0.25, 0.3) is 0 Å². The Morgan fingerprint density at radius 3 is 1.56 bits per heavy atom. The van der Waals surface area contributed by atoms with Crippen LogP contribution in [0.1, 0.15) is 16.7 Å². The van der Waals surface area contributed by atoms with Gasteiger partial charge in [0.05, 0.1) is 19.5 Å². The lowest BCUT2D eigenvalue weighted by atomic mass is 10.1. The van der Waals surface area contributed by atoms with Crippen molar-refractivity contribution >= 4 is 30.4 Å². The van der Waals surface area contributed by atoms with Crippen LogP contribution in [0, 0.1) is 0 Å². The highest BCUT2D eigenvalue weighted by Crippen LogP contribution is 2.13. The Morgan fingerprint density at radius 2 is 1.13 bits per heavy atom. The number of ether oxygens (including phenoxy) is 2. The van der Waals surface area contributed by atoms with Crippen molar-refractivity contribution in [3.8, 4) is 11.5 Å². The van der Waals surface area contributed by atoms with Crippen LogP contribution in [-0.2, 0) is 33.6 Å². The molecule has 9 heteroatoms. The number of hydrogen-bond donors (Lipinski definition) is 4. The van der Waals surface area contributed by atoms with Crippen molar-refractivity contribution < 1.29 is 23.9 Å². The molecule has 3 rings (SSSR count). The summed E-state index contributed by atoms with van der Waals surface area (Å²) in [6.07, 6.45) is 1.47. The lowest BCUT2D eigenvalue weighted by Crippen LogP contribution is -2.57. The normalized spacial score (nSPS) is 11.4. The standard InChI is InChI=1S/C30H35N3O5S/c1-37-24-12-8-21(9-13-24)16-18-31-29(35)27(33-28(34)26(39)20-23-6-4-3-5-7-23)30(36)32-19-17-22-10-14-25(38-2)15-11-22/h3-15,26-27,39H,16-20H2,1-2H3,(H,31,35)(H,32,36)(H,33,34)/t26-/m0/s1. The average molecular weight is 550 g/mol. The maximum atomic E-state index is 13.0. The van der Waals surface area contributed by atoms with Crippen LogP contribution in [0.2, 0.25) is 0 Å². The molecule has 0 aliphatic heterocycles. The highest BCUT2D eigenvalue weighted by molar-refractivity contribution is 7.81. The molecule has 0 aromatic heterocycles. The first kappa shape index (κ1) is 29.6. The number of rotatable bonds is 14. The lowest BCUT2D eigenvalue weighted by Gasteiger charge is -2.20. The minimum Gasteiger partial charge on any atom is -0.497 e. The fourth-order valence-corrected chi connectivity index (χ4v) is 4.15. The molecular formula is C30H35N3O5S. The third-order valence-corrected chi connectivity index (χ3v) is 6.55. The van der Waals surface area contributed by atoms with Gasteiger partial charge in [0.15, 0.2) is 6.04 Å². The molecule has 0 fully saturated rings. The van der Waals surface area contributed by atoms with Gasteiger partial charge in [-0.3, -0.25) is 14.4 Å². The minimum atomic E-state index is -1.39. The molecular weight excluding hydrogens is 514 g/mol. The van der Waals surface area contributed by atoms with Gasteiger partial charge in [0.1, 0.15) is 11.5 Å². The molecule has 0 spiro atoms. The summed E-state index contributed by atoms with van der Waals surface area (Å²) >= 11 is 4.42. The molecule has 206 valence electrons. The average Bonchev–Trinajstić information content (AvgIpc) is 2.96. The SMILES string of the molecule is COc1ccc(CCNC(=O)C(NC(=O)[C@@H](S)Cc2ccccc2)C(=O)NCCc2ccc(OC)cc2)cc1. The fourth-order valence-electron chi connectivity index (χ4n) is 3.87. The summed E-state index contributed by atoms with van der Waals surface area (Å²) in [6.45, 7) is 0.593. The molecule has 0 saturated carbocycles. The van der Waals surface area contributed by atoms with E-state index < -0.39 is 29.0 Å². The van der Waals surface area contributed by atoms with E-state index in [1.54, 1.807) is 14.2 Å².